The molecule has 0 unspecified atom stereocenters. The highest BCUT2D eigenvalue weighted by Crippen LogP contribution is 2.64. The van der Waals surface area contributed by atoms with Crippen molar-refractivity contribution < 1.29 is 9.16 Å². The van der Waals surface area contributed by atoms with Gasteiger partial charge in [-0.2, -0.15) is 0 Å². The minimum absolute atomic E-state index is 0.474. The fourth-order valence-corrected chi connectivity index (χ4v) is 14.7. The van der Waals surface area contributed by atoms with Gasteiger partial charge in [-0.05, 0) is 120 Å². The SMILES string of the molecule is COc1cc2c(cc1O[Si](C(C)C)(C(C)C)C(C)C)CC[C@@H]1[C@@H]2CC[C@]2(C)[C@@H]([C@H](C)CN)CC[C@@H]12. The Morgan fingerprint density at radius 1 is 0.943 bits per heavy atom. The molecule has 1 aromatic rings. The fraction of sp³-hybridized carbons (Fsp3) is 0.806. The first-order chi connectivity index (χ1) is 16.5. The molecule has 0 bridgehead atoms. The molecular formula is C31H53NO2Si. The van der Waals surface area contributed by atoms with Crippen LogP contribution in [0.4, 0.5) is 0 Å². The van der Waals surface area contributed by atoms with E-state index >= 15 is 0 Å². The minimum atomic E-state index is -2.04. The molecule has 0 aromatic heterocycles. The van der Waals surface area contributed by atoms with Crippen molar-refractivity contribution in [3.8, 4) is 11.5 Å². The Bertz CT molecular complexity index is 874. The lowest BCUT2D eigenvalue weighted by atomic mass is 9.53. The van der Waals surface area contributed by atoms with Gasteiger partial charge in [-0.25, -0.2) is 0 Å². The van der Waals surface area contributed by atoms with Crippen LogP contribution in [0.3, 0.4) is 0 Å². The smallest absolute Gasteiger partial charge is 0.258 e. The number of aryl methyl sites for hydroxylation is 1. The van der Waals surface area contributed by atoms with Crippen LogP contribution in [0.5, 0.6) is 11.5 Å². The normalized spacial score (nSPS) is 31.3. The first-order valence-corrected chi connectivity index (χ1v) is 16.7. The molecule has 0 saturated heterocycles. The van der Waals surface area contributed by atoms with E-state index in [1.165, 1.54) is 44.1 Å². The van der Waals surface area contributed by atoms with Gasteiger partial charge >= 0.3 is 0 Å². The number of nitrogens with two attached hydrogens (primary N) is 1. The van der Waals surface area contributed by atoms with E-state index in [1.54, 1.807) is 5.56 Å². The van der Waals surface area contributed by atoms with Crippen molar-refractivity contribution in [1.29, 1.82) is 0 Å². The van der Waals surface area contributed by atoms with Gasteiger partial charge in [-0.1, -0.05) is 55.4 Å². The second-order valence-electron chi connectivity index (χ2n) is 13.5. The lowest BCUT2D eigenvalue weighted by Gasteiger charge is -2.52. The van der Waals surface area contributed by atoms with Gasteiger partial charge in [0.15, 0.2) is 5.75 Å². The maximum absolute atomic E-state index is 7.15. The number of methoxy groups -OCH3 is 1. The molecule has 4 rings (SSSR count). The summed E-state index contributed by atoms with van der Waals surface area (Å²) >= 11 is 0. The van der Waals surface area contributed by atoms with Gasteiger partial charge in [0.25, 0.3) is 8.32 Å². The van der Waals surface area contributed by atoms with Crippen molar-refractivity contribution in [3.05, 3.63) is 23.3 Å². The molecule has 1 aromatic carbocycles. The van der Waals surface area contributed by atoms with Crippen LogP contribution in [0, 0.1) is 29.1 Å². The lowest BCUT2D eigenvalue weighted by molar-refractivity contribution is 0.0127. The summed E-state index contributed by atoms with van der Waals surface area (Å²) in [6.07, 6.45) is 7.93. The number of benzene rings is 1. The van der Waals surface area contributed by atoms with Crippen molar-refractivity contribution in [3.63, 3.8) is 0 Å². The maximum Gasteiger partial charge on any atom is 0.258 e. The third-order valence-electron chi connectivity index (χ3n) is 11.1. The van der Waals surface area contributed by atoms with Gasteiger partial charge < -0.3 is 14.9 Å². The highest BCUT2D eigenvalue weighted by Gasteiger charge is 2.55. The Labute approximate surface area is 217 Å². The average Bonchev–Trinajstić information content (AvgIpc) is 3.17. The van der Waals surface area contributed by atoms with E-state index in [2.05, 4.69) is 67.5 Å². The van der Waals surface area contributed by atoms with Gasteiger partial charge in [0.1, 0.15) is 5.75 Å². The maximum atomic E-state index is 7.15. The monoisotopic (exact) mass is 499 g/mol. The topological polar surface area (TPSA) is 44.5 Å². The van der Waals surface area contributed by atoms with Crippen molar-refractivity contribution in [2.24, 2.45) is 34.8 Å². The Morgan fingerprint density at radius 2 is 1.60 bits per heavy atom. The molecule has 4 heteroatoms. The molecule has 3 aliphatic carbocycles. The van der Waals surface area contributed by atoms with E-state index in [4.69, 9.17) is 14.9 Å². The number of hydrogen-bond acceptors (Lipinski definition) is 3. The zero-order chi connectivity index (χ0) is 25.7. The van der Waals surface area contributed by atoms with Crippen molar-refractivity contribution in [2.75, 3.05) is 13.7 Å². The summed E-state index contributed by atoms with van der Waals surface area (Å²) in [5, 5.41) is 0. The van der Waals surface area contributed by atoms with E-state index in [9.17, 15) is 0 Å². The van der Waals surface area contributed by atoms with Crippen LogP contribution in [0.25, 0.3) is 0 Å². The van der Waals surface area contributed by atoms with Crippen LogP contribution in [0.2, 0.25) is 16.6 Å². The highest BCUT2D eigenvalue weighted by atomic mass is 28.4. The Hall–Kier alpha value is -1.00. The third-order valence-corrected chi connectivity index (χ3v) is 17.1. The molecule has 3 nitrogen and oxygen atoms in total. The third kappa shape index (κ3) is 4.29. The molecule has 198 valence electrons. The minimum Gasteiger partial charge on any atom is -0.540 e. The zero-order valence-electron chi connectivity index (χ0n) is 24.1. The number of rotatable bonds is 8. The molecule has 0 spiro atoms. The highest BCUT2D eigenvalue weighted by molar-refractivity contribution is 6.78. The standard InChI is InChI=1S/C31H53NO2Si/c1-19(2)35(20(3)4,21(5)6)34-30-16-23-10-11-25-24(26(23)17-29(30)33-9)14-15-31(8)27(22(7)18-32)12-13-28(25)31/h16-17,19-22,24-25,27-28H,10-15,18,32H2,1-9H3/t22-,24+,25-,27-,28+,31-/m1/s1. The summed E-state index contributed by atoms with van der Waals surface area (Å²) in [7, 11) is -0.210. The summed E-state index contributed by atoms with van der Waals surface area (Å²) in [6.45, 7) is 20.0. The van der Waals surface area contributed by atoms with Crippen LogP contribution in [-0.4, -0.2) is 22.0 Å². The number of hydrogen-bond donors (Lipinski definition) is 1. The number of ether oxygens (including phenoxy) is 1. The van der Waals surface area contributed by atoms with Gasteiger partial charge in [-0.3, -0.25) is 0 Å². The Kier molecular flexibility index (Phi) is 7.76. The molecule has 6 atom stereocenters. The molecule has 2 saturated carbocycles. The van der Waals surface area contributed by atoms with Crippen LogP contribution < -0.4 is 14.9 Å². The van der Waals surface area contributed by atoms with Crippen LogP contribution in [0.15, 0.2) is 12.1 Å². The van der Waals surface area contributed by atoms with Crippen LogP contribution >= 0.6 is 0 Å². The zero-order valence-corrected chi connectivity index (χ0v) is 25.1. The van der Waals surface area contributed by atoms with Crippen LogP contribution in [-0.2, 0) is 6.42 Å². The quantitative estimate of drug-likeness (QED) is 0.366. The molecule has 35 heavy (non-hydrogen) atoms. The van der Waals surface area contributed by atoms with E-state index in [0.717, 1.165) is 35.8 Å². The van der Waals surface area contributed by atoms with E-state index in [1.807, 2.05) is 7.11 Å². The predicted molar refractivity (Wildman–Crippen MR) is 151 cm³/mol. The van der Waals surface area contributed by atoms with Gasteiger partial charge in [-0.15, -0.1) is 0 Å². The van der Waals surface area contributed by atoms with Gasteiger partial charge in [0.2, 0.25) is 0 Å². The summed E-state index contributed by atoms with van der Waals surface area (Å²) < 4.78 is 13.2. The molecule has 2 fully saturated rings. The lowest BCUT2D eigenvalue weighted by Crippen LogP contribution is -2.50. The largest absolute Gasteiger partial charge is 0.540 e. The molecule has 2 N–H and O–H groups in total. The van der Waals surface area contributed by atoms with Crippen molar-refractivity contribution in [2.45, 2.75) is 116 Å². The van der Waals surface area contributed by atoms with Gasteiger partial charge in [0, 0.05) is 0 Å². The summed E-state index contributed by atoms with van der Waals surface area (Å²) in [6, 6.07) is 4.78. The molecule has 0 heterocycles. The first kappa shape index (κ1) is 27.0. The van der Waals surface area contributed by atoms with E-state index < -0.39 is 8.32 Å². The van der Waals surface area contributed by atoms with Gasteiger partial charge in [0.05, 0.1) is 7.11 Å². The molecule has 0 amide bonds. The Balaban J connectivity index is 1.67. The number of fused-ring (bicyclic) bond motifs is 5. The summed E-state index contributed by atoms with van der Waals surface area (Å²) in [5.74, 6) is 5.73. The molecule has 3 aliphatic rings. The van der Waals surface area contributed by atoms with E-state index in [0.29, 0.717) is 33.9 Å². The van der Waals surface area contributed by atoms with Crippen LogP contribution in [0.1, 0.15) is 105 Å². The fourth-order valence-electron chi connectivity index (χ4n) is 9.50. The summed E-state index contributed by atoms with van der Waals surface area (Å²) in [5.41, 5.74) is 11.4. The predicted octanol–water partition coefficient (Wildman–Crippen LogP) is 8.32. The van der Waals surface area contributed by atoms with Crippen molar-refractivity contribution in [1.82, 2.24) is 0 Å². The second kappa shape index (κ2) is 10.0. The molecule has 0 aliphatic heterocycles. The summed E-state index contributed by atoms with van der Waals surface area (Å²) in [4.78, 5) is 0. The van der Waals surface area contributed by atoms with Crippen molar-refractivity contribution >= 4 is 8.32 Å². The molecule has 0 radical (unpaired) electrons. The molecular weight excluding hydrogens is 446 g/mol. The second-order valence-corrected chi connectivity index (χ2v) is 18.9. The van der Waals surface area contributed by atoms with E-state index in [-0.39, 0.29) is 0 Å². The Morgan fingerprint density at radius 3 is 2.17 bits per heavy atom. The average molecular weight is 500 g/mol. The first-order valence-electron chi connectivity index (χ1n) is 14.6.